The van der Waals surface area contributed by atoms with E-state index < -0.39 is 11.9 Å². The molecule has 0 saturated heterocycles. The van der Waals surface area contributed by atoms with Crippen molar-refractivity contribution in [2.75, 3.05) is 5.73 Å². The quantitative estimate of drug-likeness (QED) is 0.780. The molecule has 0 spiro atoms. The normalized spacial score (nSPS) is 12.4. The van der Waals surface area contributed by atoms with Crippen molar-refractivity contribution in [1.82, 2.24) is 4.98 Å². The van der Waals surface area contributed by atoms with Gasteiger partial charge in [0.15, 0.2) is 0 Å². The summed E-state index contributed by atoms with van der Waals surface area (Å²) in [5.74, 6) is -0.421. The number of anilines is 1. The highest BCUT2D eigenvalue weighted by Gasteiger charge is 2.16. The fourth-order valence-corrected chi connectivity index (χ4v) is 1.71. The first-order valence-corrected chi connectivity index (χ1v) is 5.23. The van der Waals surface area contributed by atoms with Crippen LogP contribution in [0.4, 0.5) is 10.1 Å². The summed E-state index contributed by atoms with van der Waals surface area (Å²) in [5.41, 5.74) is 7.97. The lowest BCUT2D eigenvalue weighted by molar-refractivity contribution is 0.219. The van der Waals surface area contributed by atoms with E-state index in [2.05, 4.69) is 4.98 Å². The Hall–Kier alpha value is -1.94. The average molecular weight is 232 g/mol. The second-order valence-electron chi connectivity index (χ2n) is 3.91. The lowest BCUT2D eigenvalue weighted by atomic mass is 9.98. The predicted molar refractivity (Wildman–Crippen MR) is 63.8 cm³/mol. The van der Waals surface area contributed by atoms with Crippen molar-refractivity contribution in [3.8, 4) is 0 Å². The average Bonchev–Trinajstić information content (AvgIpc) is 2.32. The lowest BCUT2D eigenvalue weighted by Crippen LogP contribution is -2.06. The van der Waals surface area contributed by atoms with E-state index >= 15 is 0 Å². The molecule has 3 N–H and O–H groups in total. The first-order chi connectivity index (χ1) is 8.09. The minimum Gasteiger partial charge on any atom is -0.398 e. The predicted octanol–water partition coefficient (Wildman–Crippen LogP) is 2.19. The minimum atomic E-state index is -0.959. The van der Waals surface area contributed by atoms with Crippen LogP contribution in [0.1, 0.15) is 22.8 Å². The number of aliphatic hydroxyl groups excluding tert-OH is 1. The van der Waals surface area contributed by atoms with Gasteiger partial charge >= 0.3 is 0 Å². The fraction of sp³-hybridized carbons (Fsp3) is 0.154. The van der Waals surface area contributed by atoms with Crippen LogP contribution in [-0.2, 0) is 0 Å². The molecule has 0 aliphatic heterocycles. The van der Waals surface area contributed by atoms with Crippen LogP contribution in [0.3, 0.4) is 0 Å². The first kappa shape index (κ1) is 11.5. The molecule has 2 rings (SSSR count). The van der Waals surface area contributed by atoms with E-state index in [0.29, 0.717) is 16.8 Å². The highest BCUT2D eigenvalue weighted by molar-refractivity contribution is 5.51. The van der Waals surface area contributed by atoms with E-state index in [4.69, 9.17) is 5.73 Å². The Morgan fingerprint density at radius 1 is 1.29 bits per heavy atom. The van der Waals surface area contributed by atoms with E-state index in [-0.39, 0.29) is 0 Å². The van der Waals surface area contributed by atoms with Crippen LogP contribution >= 0.6 is 0 Å². The van der Waals surface area contributed by atoms with Gasteiger partial charge in [-0.3, -0.25) is 4.98 Å². The summed E-state index contributed by atoms with van der Waals surface area (Å²) in [4.78, 5) is 3.95. The van der Waals surface area contributed by atoms with Crippen molar-refractivity contribution in [3.63, 3.8) is 0 Å². The van der Waals surface area contributed by atoms with Crippen LogP contribution in [0.25, 0.3) is 0 Å². The Labute approximate surface area is 98.7 Å². The zero-order chi connectivity index (χ0) is 12.4. The van der Waals surface area contributed by atoms with Gasteiger partial charge < -0.3 is 10.8 Å². The Kier molecular flexibility index (Phi) is 3.06. The van der Waals surface area contributed by atoms with Crippen molar-refractivity contribution in [3.05, 3.63) is 59.2 Å². The monoisotopic (exact) mass is 232 g/mol. The number of aryl methyl sites for hydroxylation is 1. The molecule has 17 heavy (non-hydrogen) atoms. The maximum absolute atomic E-state index is 13.1. The molecule has 0 fully saturated rings. The van der Waals surface area contributed by atoms with E-state index in [0.717, 1.165) is 5.56 Å². The molecule has 3 nitrogen and oxygen atoms in total. The molecular formula is C13H13FN2O. The highest BCUT2D eigenvalue weighted by Crippen LogP contribution is 2.28. The van der Waals surface area contributed by atoms with Gasteiger partial charge in [0.25, 0.3) is 0 Å². The van der Waals surface area contributed by atoms with Crippen LogP contribution in [0.5, 0.6) is 0 Å². The maximum Gasteiger partial charge on any atom is 0.123 e. The molecule has 88 valence electrons. The van der Waals surface area contributed by atoms with Gasteiger partial charge in [0.1, 0.15) is 11.9 Å². The van der Waals surface area contributed by atoms with Crippen LogP contribution in [-0.4, -0.2) is 10.1 Å². The number of hydrogen-bond donors (Lipinski definition) is 2. The number of rotatable bonds is 2. The zero-order valence-electron chi connectivity index (χ0n) is 9.39. The number of pyridine rings is 1. The summed E-state index contributed by atoms with van der Waals surface area (Å²) in [6, 6.07) is 5.74. The van der Waals surface area contributed by atoms with Crippen molar-refractivity contribution >= 4 is 5.69 Å². The number of nitrogens with two attached hydrogens (primary N) is 1. The number of aromatic nitrogens is 1. The summed E-state index contributed by atoms with van der Waals surface area (Å²) in [6.45, 7) is 1.86. The number of hydrogen-bond acceptors (Lipinski definition) is 3. The van der Waals surface area contributed by atoms with Crippen molar-refractivity contribution in [2.45, 2.75) is 13.0 Å². The van der Waals surface area contributed by atoms with E-state index in [1.54, 1.807) is 18.5 Å². The van der Waals surface area contributed by atoms with Gasteiger partial charge in [-0.25, -0.2) is 4.39 Å². The number of benzene rings is 1. The van der Waals surface area contributed by atoms with Gasteiger partial charge in [0.2, 0.25) is 0 Å². The summed E-state index contributed by atoms with van der Waals surface area (Å²) < 4.78 is 13.1. The molecule has 1 aromatic carbocycles. The Balaban J connectivity index is 2.47. The summed E-state index contributed by atoms with van der Waals surface area (Å²) in [6.07, 6.45) is 2.24. The molecule has 1 unspecified atom stereocenters. The lowest BCUT2D eigenvalue weighted by Gasteiger charge is -2.15. The van der Waals surface area contributed by atoms with E-state index in [1.165, 1.54) is 18.2 Å². The van der Waals surface area contributed by atoms with Gasteiger partial charge in [-0.05, 0) is 36.8 Å². The Morgan fingerprint density at radius 2 is 2.06 bits per heavy atom. The Morgan fingerprint density at radius 3 is 2.76 bits per heavy atom. The summed E-state index contributed by atoms with van der Waals surface area (Å²) in [7, 11) is 0. The summed E-state index contributed by atoms with van der Waals surface area (Å²) >= 11 is 0. The first-order valence-electron chi connectivity index (χ1n) is 5.23. The highest BCUT2D eigenvalue weighted by atomic mass is 19.1. The van der Waals surface area contributed by atoms with Crippen molar-refractivity contribution in [2.24, 2.45) is 0 Å². The van der Waals surface area contributed by atoms with Gasteiger partial charge in [-0.2, -0.15) is 0 Å². The third-order valence-corrected chi connectivity index (χ3v) is 2.72. The summed E-state index contributed by atoms with van der Waals surface area (Å²) in [5, 5.41) is 10.2. The van der Waals surface area contributed by atoms with Gasteiger partial charge in [0, 0.05) is 29.2 Å². The molecule has 0 radical (unpaired) electrons. The smallest absolute Gasteiger partial charge is 0.123 e. The molecule has 0 aliphatic carbocycles. The van der Waals surface area contributed by atoms with Gasteiger partial charge in [-0.1, -0.05) is 0 Å². The SMILES string of the molecule is Cc1ccncc1C(O)c1cc(F)ccc1N. The number of aliphatic hydroxyl groups is 1. The molecule has 1 atom stereocenters. The largest absolute Gasteiger partial charge is 0.398 e. The van der Waals surface area contributed by atoms with Crippen molar-refractivity contribution < 1.29 is 9.50 Å². The fourth-order valence-electron chi connectivity index (χ4n) is 1.71. The second-order valence-corrected chi connectivity index (χ2v) is 3.91. The van der Waals surface area contributed by atoms with E-state index in [9.17, 15) is 9.50 Å². The molecule has 0 saturated carbocycles. The molecule has 0 aliphatic rings. The van der Waals surface area contributed by atoms with Crippen LogP contribution in [0, 0.1) is 12.7 Å². The molecule has 0 amide bonds. The standard InChI is InChI=1S/C13H13FN2O/c1-8-4-5-16-7-11(8)13(17)10-6-9(14)2-3-12(10)15/h2-7,13,17H,15H2,1H3. The topological polar surface area (TPSA) is 59.1 Å². The zero-order valence-corrected chi connectivity index (χ0v) is 9.39. The van der Waals surface area contributed by atoms with Crippen molar-refractivity contribution in [1.29, 1.82) is 0 Å². The molecule has 1 heterocycles. The minimum absolute atomic E-state index is 0.362. The van der Waals surface area contributed by atoms with E-state index in [1.807, 2.05) is 6.92 Å². The second kappa shape index (κ2) is 4.51. The molecule has 4 heteroatoms. The number of nitrogen functional groups attached to an aromatic ring is 1. The van der Waals surface area contributed by atoms with Crippen LogP contribution < -0.4 is 5.73 Å². The number of halogens is 1. The van der Waals surface area contributed by atoms with Gasteiger partial charge in [0.05, 0.1) is 0 Å². The van der Waals surface area contributed by atoms with Crippen LogP contribution in [0.15, 0.2) is 36.7 Å². The Bertz CT molecular complexity index is 543. The molecule has 2 aromatic rings. The maximum atomic E-state index is 13.1. The third-order valence-electron chi connectivity index (χ3n) is 2.72. The molecule has 1 aromatic heterocycles. The molecular weight excluding hydrogens is 219 g/mol. The van der Waals surface area contributed by atoms with Gasteiger partial charge in [-0.15, -0.1) is 0 Å². The van der Waals surface area contributed by atoms with Crippen LogP contribution in [0.2, 0.25) is 0 Å². The number of nitrogens with zero attached hydrogens (tertiary/aromatic N) is 1. The third kappa shape index (κ3) is 2.26. The molecule has 0 bridgehead atoms.